The second kappa shape index (κ2) is 6.32. The van der Waals surface area contributed by atoms with Gasteiger partial charge >= 0.3 is 0 Å². The monoisotopic (exact) mass is 344 g/mol. The third kappa shape index (κ3) is 3.95. The Morgan fingerprint density at radius 3 is 2.68 bits per heavy atom. The molecule has 1 atom stereocenters. The average Bonchev–Trinajstić information content (AvgIpc) is 2.89. The normalized spacial score (nSPS) is 12.7. The highest BCUT2D eigenvalue weighted by Crippen LogP contribution is 2.24. The molecule has 2 rings (SSSR count). The van der Waals surface area contributed by atoms with Crippen molar-refractivity contribution in [3.8, 4) is 5.75 Å². The van der Waals surface area contributed by atoms with Gasteiger partial charge in [-0.3, -0.25) is 10.1 Å². The van der Waals surface area contributed by atoms with Gasteiger partial charge in [-0.05, 0) is 19.1 Å². The maximum Gasteiger partial charge on any atom is 0.267 e. The van der Waals surface area contributed by atoms with Gasteiger partial charge in [-0.25, -0.2) is 13.5 Å². The van der Waals surface area contributed by atoms with E-state index >= 15 is 0 Å². The van der Waals surface area contributed by atoms with Crippen molar-refractivity contribution in [3.05, 3.63) is 29.3 Å². The molecular weight excluding hydrogens is 332 g/mol. The highest BCUT2D eigenvalue weighted by Gasteiger charge is 2.19. The number of anilines is 1. The van der Waals surface area contributed by atoms with E-state index in [1.54, 1.807) is 24.3 Å². The Kier molecular flexibility index (Phi) is 4.67. The number of H-pyrrole nitrogens is 1. The molecule has 2 N–H and O–H groups in total. The molecule has 22 heavy (non-hydrogen) atoms. The number of nitrogens with one attached hydrogen (secondary N) is 2. The summed E-state index contributed by atoms with van der Waals surface area (Å²) in [6.07, 6.45) is 0.0995. The Balaban J connectivity index is 2.03. The van der Waals surface area contributed by atoms with Gasteiger partial charge in [0, 0.05) is 6.26 Å². The Morgan fingerprint density at radius 1 is 1.41 bits per heavy atom. The Hall–Kier alpha value is -2.13. The SMILES string of the molecule is C[C@H](Oc1ccccc1Cl)C(=O)Nc1n[nH]c(S(C)(=O)=O)n1. The summed E-state index contributed by atoms with van der Waals surface area (Å²) in [6.45, 7) is 1.52. The highest BCUT2D eigenvalue weighted by atomic mass is 35.5. The van der Waals surface area contributed by atoms with Gasteiger partial charge in [0.05, 0.1) is 5.02 Å². The smallest absolute Gasteiger partial charge is 0.267 e. The topological polar surface area (TPSA) is 114 Å². The number of sulfone groups is 1. The van der Waals surface area contributed by atoms with Crippen molar-refractivity contribution >= 4 is 33.3 Å². The summed E-state index contributed by atoms with van der Waals surface area (Å²) in [4.78, 5) is 15.6. The molecular formula is C12H13ClN4O4S. The summed E-state index contributed by atoms with van der Waals surface area (Å²) in [5.41, 5.74) is 0. The molecule has 0 aliphatic rings. The van der Waals surface area contributed by atoms with E-state index in [1.165, 1.54) is 6.92 Å². The number of hydrogen-bond acceptors (Lipinski definition) is 6. The van der Waals surface area contributed by atoms with Crippen LogP contribution in [0, 0.1) is 0 Å². The van der Waals surface area contributed by atoms with Crippen LogP contribution in [0.3, 0.4) is 0 Å². The number of aromatic amines is 1. The lowest BCUT2D eigenvalue weighted by Gasteiger charge is -2.14. The number of nitrogens with zero attached hydrogens (tertiary/aromatic N) is 2. The first kappa shape index (κ1) is 16.2. The summed E-state index contributed by atoms with van der Waals surface area (Å²) in [5.74, 6) is -0.336. The van der Waals surface area contributed by atoms with Crippen LogP contribution < -0.4 is 10.1 Å². The van der Waals surface area contributed by atoms with E-state index < -0.39 is 21.8 Å². The van der Waals surface area contributed by atoms with E-state index in [4.69, 9.17) is 16.3 Å². The molecule has 0 bridgehead atoms. The zero-order valence-corrected chi connectivity index (χ0v) is 13.3. The van der Waals surface area contributed by atoms with E-state index in [-0.39, 0.29) is 11.1 Å². The molecule has 8 nitrogen and oxygen atoms in total. The molecule has 118 valence electrons. The van der Waals surface area contributed by atoms with Crippen molar-refractivity contribution in [1.82, 2.24) is 15.2 Å². The number of para-hydroxylation sites is 1. The van der Waals surface area contributed by atoms with Crippen LogP contribution in [0.4, 0.5) is 5.95 Å². The molecule has 0 saturated heterocycles. The highest BCUT2D eigenvalue weighted by molar-refractivity contribution is 7.90. The fourth-order valence-electron chi connectivity index (χ4n) is 1.46. The number of halogens is 1. The fourth-order valence-corrected chi connectivity index (χ4v) is 2.11. The number of ether oxygens (including phenoxy) is 1. The number of carbonyl (C=O) groups excluding carboxylic acids is 1. The van der Waals surface area contributed by atoms with Crippen LogP contribution in [0.25, 0.3) is 0 Å². The summed E-state index contributed by atoms with van der Waals surface area (Å²) in [5, 5.41) is 8.22. The average molecular weight is 345 g/mol. The van der Waals surface area contributed by atoms with Crippen molar-refractivity contribution in [3.63, 3.8) is 0 Å². The summed E-state index contributed by atoms with van der Waals surface area (Å²) in [7, 11) is -3.52. The Morgan fingerprint density at radius 2 is 2.09 bits per heavy atom. The van der Waals surface area contributed by atoms with E-state index in [9.17, 15) is 13.2 Å². The lowest BCUT2D eigenvalue weighted by atomic mass is 10.3. The van der Waals surface area contributed by atoms with E-state index in [0.717, 1.165) is 6.26 Å². The van der Waals surface area contributed by atoms with Crippen LogP contribution in [-0.4, -0.2) is 41.9 Å². The molecule has 1 heterocycles. The van der Waals surface area contributed by atoms with Crippen LogP contribution in [-0.2, 0) is 14.6 Å². The second-order valence-electron chi connectivity index (χ2n) is 4.42. The largest absolute Gasteiger partial charge is 0.479 e. The van der Waals surface area contributed by atoms with Gasteiger partial charge in [0.2, 0.25) is 20.9 Å². The standard InChI is InChI=1S/C12H13ClN4O4S/c1-7(21-9-6-4-3-5-8(9)13)10(18)14-11-15-12(17-16-11)22(2,19)20/h3-7H,1-2H3,(H2,14,15,16,17,18)/t7-/m0/s1. The minimum atomic E-state index is -3.52. The zero-order valence-electron chi connectivity index (χ0n) is 11.7. The number of hydrogen-bond donors (Lipinski definition) is 2. The van der Waals surface area contributed by atoms with Crippen molar-refractivity contribution in [1.29, 1.82) is 0 Å². The van der Waals surface area contributed by atoms with E-state index in [0.29, 0.717) is 10.8 Å². The van der Waals surface area contributed by atoms with Gasteiger partial charge < -0.3 is 4.74 Å². The molecule has 1 aromatic heterocycles. The van der Waals surface area contributed by atoms with Crippen LogP contribution in [0.15, 0.2) is 29.4 Å². The summed E-state index contributed by atoms with van der Waals surface area (Å²) in [6, 6.07) is 6.72. The van der Waals surface area contributed by atoms with Crippen molar-refractivity contribution in [2.24, 2.45) is 0 Å². The number of rotatable bonds is 5. The zero-order chi connectivity index (χ0) is 16.3. The van der Waals surface area contributed by atoms with Crippen LogP contribution in [0.5, 0.6) is 5.75 Å². The molecule has 0 aliphatic heterocycles. The van der Waals surface area contributed by atoms with Crippen molar-refractivity contribution in [2.45, 2.75) is 18.2 Å². The maximum absolute atomic E-state index is 12.0. The second-order valence-corrected chi connectivity index (χ2v) is 6.75. The molecule has 1 amide bonds. The third-order valence-corrected chi connectivity index (χ3v) is 3.76. The van der Waals surface area contributed by atoms with Crippen molar-refractivity contribution in [2.75, 3.05) is 11.6 Å². The number of amides is 1. The molecule has 0 aliphatic carbocycles. The van der Waals surface area contributed by atoms with Crippen LogP contribution in [0.2, 0.25) is 5.02 Å². The summed E-state index contributed by atoms with van der Waals surface area (Å²) >= 11 is 5.93. The predicted molar refractivity (Wildman–Crippen MR) is 79.7 cm³/mol. The number of benzene rings is 1. The lowest BCUT2D eigenvalue weighted by molar-refractivity contribution is -0.122. The molecule has 0 fully saturated rings. The van der Waals surface area contributed by atoms with Gasteiger partial charge in [-0.2, -0.15) is 4.98 Å². The molecule has 10 heteroatoms. The van der Waals surface area contributed by atoms with E-state index in [1.807, 2.05) is 0 Å². The fraction of sp³-hybridized carbons (Fsp3) is 0.250. The van der Waals surface area contributed by atoms with Crippen molar-refractivity contribution < 1.29 is 17.9 Å². The number of carbonyl (C=O) groups is 1. The maximum atomic E-state index is 12.0. The Labute approximate surface area is 131 Å². The predicted octanol–water partition coefficient (Wildman–Crippen LogP) is 1.27. The molecule has 0 saturated carbocycles. The van der Waals surface area contributed by atoms with Crippen LogP contribution in [0.1, 0.15) is 6.92 Å². The van der Waals surface area contributed by atoms with Crippen LogP contribution >= 0.6 is 11.6 Å². The summed E-state index contributed by atoms with van der Waals surface area (Å²) < 4.78 is 27.9. The van der Waals surface area contributed by atoms with Gasteiger partial charge in [0.15, 0.2) is 6.10 Å². The van der Waals surface area contributed by atoms with Gasteiger partial charge in [0.1, 0.15) is 5.75 Å². The van der Waals surface area contributed by atoms with Gasteiger partial charge in [-0.15, -0.1) is 5.10 Å². The minimum Gasteiger partial charge on any atom is -0.479 e. The van der Waals surface area contributed by atoms with Gasteiger partial charge in [0.25, 0.3) is 5.91 Å². The number of aromatic nitrogens is 3. The van der Waals surface area contributed by atoms with Gasteiger partial charge in [-0.1, -0.05) is 23.7 Å². The lowest BCUT2D eigenvalue weighted by Crippen LogP contribution is -2.30. The van der Waals surface area contributed by atoms with E-state index in [2.05, 4.69) is 20.5 Å². The first-order chi connectivity index (χ1) is 10.3. The molecule has 1 aromatic carbocycles. The minimum absolute atomic E-state index is 0.153. The first-order valence-electron chi connectivity index (χ1n) is 6.12. The Bertz CT molecular complexity index is 790. The molecule has 0 unspecified atom stereocenters. The first-order valence-corrected chi connectivity index (χ1v) is 8.39. The third-order valence-electron chi connectivity index (χ3n) is 2.56. The molecule has 0 spiro atoms. The quantitative estimate of drug-likeness (QED) is 0.844. The molecule has 2 aromatic rings. The molecule has 0 radical (unpaired) electrons.